The van der Waals surface area contributed by atoms with Gasteiger partial charge in [0.25, 0.3) is 5.91 Å². The fraction of sp³-hybridized carbons (Fsp3) is 0.333. The molecule has 19 heavy (non-hydrogen) atoms. The summed E-state index contributed by atoms with van der Waals surface area (Å²) in [6.07, 6.45) is -1.01. The van der Waals surface area contributed by atoms with Crippen LogP contribution in [0.1, 0.15) is 17.3 Å². The molecule has 6 nitrogen and oxygen atoms in total. The maximum Gasteiger partial charge on any atom is 0.339 e. The number of hydrogen-bond acceptors (Lipinski definition) is 5. The third kappa shape index (κ3) is 2.90. The van der Waals surface area contributed by atoms with E-state index < -0.39 is 18.0 Å². The first-order chi connectivity index (χ1) is 8.99. The minimum Gasteiger partial charge on any atom is -0.486 e. The molecule has 0 saturated carbocycles. The number of primary amides is 1. The van der Waals surface area contributed by atoms with Crippen molar-refractivity contribution in [2.24, 2.45) is 5.73 Å². The number of amides is 1. The highest BCUT2D eigenvalue weighted by molar-refractivity contribution is 6.32. The van der Waals surface area contributed by atoms with Crippen LogP contribution in [-0.2, 0) is 9.53 Å². The van der Waals surface area contributed by atoms with E-state index in [0.717, 1.165) is 0 Å². The van der Waals surface area contributed by atoms with Gasteiger partial charge in [-0.1, -0.05) is 11.6 Å². The number of hydrogen-bond donors (Lipinski definition) is 1. The van der Waals surface area contributed by atoms with Crippen molar-refractivity contribution in [3.8, 4) is 11.5 Å². The molecule has 0 saturated heterocycles. The summed E-state index contributed by atoms with van der Waals surface area (Å²) < 4.78 is 15.5. The zero-order valence-corrected chi connectivity index (χ0v) is 10.9. The molecule has 1 aliphatic heterocycles. The number of halogens is 1. The third-order valence-electron chi connectivity index (χ3n) is 2.52. The van der Waals surface area contributed by atoms with Crippen molar-refractivity contribution in [3.05, 3.63) is 22.7 Å². The topological polar surface area (TPSA) is 87.8 Å². The Kier molecular flexibility index (Phi) is 3.80. The first-order valence-corrected chi connectivity index (χ1v) is 5.96. The molecule has 1 heterocycles. The predicted molar refractivity (Wildman–Crippen MR) is 66.5 cm³/mol. The van der Waals surface area contributed by atoms with Crippen LogP contribution in [0.4, 0.5) is 0 Å². The average Bonchev–Trinajstić information content (AvgIpc) is 2.38. The maximum atomic E-state index is 11.8. The Labute approximate surface area is 114 Å². The van der Waals surface area contributed by atoms with Gasteiger partial charge in [-0.15, -0.1) is 0 Å². The standard InChI is InChI=1S/C12H12ClNO5/c1-6(11(14)15)19-12(16)7-4-8(13)10-9(5-7)17-2-3-18-10/h4-6H,2-3H2,1H3,(H2,14,15). The molecular formula is C12H12ClNO5. The zero-order valence-electron chi connectivity index (χ0n) is 10.1. The largest absolute Gasteiger partial charge is 0.486 e. The molecule has 1 atom stereocenters. The molecular weight excluding hydrogens is 274 g/mol. The smallest absolute Gasteiger partial charge is 0.339 e. The summed E-state index contributed by atoms with van der Waals surface area (Å²) in [7, 11) is 0. The van der Waals surface area contributed by atoms with Gasteiger partial charge in [-0.05, 0) is 19.1 Å². The molecule has 1 aromatic carbocycles. The molecule has 1 unspecified atom stereocenters. The Bertz CT molecular complexity index is 531. The number of nitrogens with two attached hydrogens (primary N) is 1. The Balaban J connectivity index is 2.23. The normalized spacial score (nSPS) is 14.6. The molecule has 0 aliphatic carbocycles. The van der Waals surface area contributed by atoms with Crippen molar-refractivity contribution in [3.63, 3.8) is 0 Å². The van der Waals surface area contributed by atoms with Crippen LogP contribution in [0.3, 0.4) is 0 Å². The van der Waals surface area contributed by atoms with Crippen LogP contribution < -0.4 is 15.2 Å². The fourth-order valence-corrected chi connectivity index (χ4v) is 1.78. The number of carbonyl (C=O) groups excluding carboxylic acids is 2. The monoisotopic (exact) mass is 285 g/mol. The molecule has 0 spiro atoms. The van der Waals surface area contributed by atoms with E-state index in [9.17, 15) is 9.59 Å². The second-order valence-corrected chi connectivity index (χ2v) is 4.34. The second kappa shape index (κ2) is 5.36. The van der Waals surface area contributed by atoms with E-state index in [1.165, 1.54) is 19.1 Å². The molecule has 0 fully saturated rings. The van der Waals surface area contributed by atoms with Gasteiger partial charge in [0.1, 0.15) is 13.2 Å². The summed E-state index contributed by atoms with van der Waals surface area (Å²) in [4.78, 5) is 22.7. The fourth-order valence-electron chi connectivity index (χ4n) is 1.52. The van der Waals surface area contributed by atoms with Gasteiger partial charge >= 0.3 is 5.97 Å². The number of rotatable bonds is 3. The summed E-state index contributed by atoms with van der Waals surface area (Å²) in [5.74, 6) is -0.660. The van der Waals surface area contributed by atoms with E-state index in [0.29, 0.717) is 24.7 Å². The van der Waals surface area contributed by atoms with Crippen molar-refractivity contribution in [2.45, 2.75) is 13.0 Å². The van der Waals surface area contributed by atoms with E-state index in [4.69, 9.17) is 31.5 Å². The minimum absolute atomic E-state index is 0.169. The first kappa shape index (κ1) is 13.5. The SMILES string of the molecule is CC(OC(=O)c1cc(Cl)c2c(c1)OCCO2)C(N)=O. The van der Waals surface area contributed by atoms with Crippen molar-refractivity contribution in [1.82, 2.24) is 0 Å². The molecule has 1 amide bonds. The molecule has 2 rings (SSSR count). The first-order valence-electron chi connectivity index (χ1n) is 5.58. The highest BCUT2D eigenvalue weighted by Crippen LogP contribution is 2.38. The van der Waals surface area contributed by atoms with E-state index >= 15 is 0 Å². The summed E-state index contributed by atoms with van der Waals surface area (Å²) in [6, 6.07) is 2.85. The van der Waals surface area contributed by atoms with Crippen LogP contribution >= 0.6 is 11.6 Å². The Morgan fingerprint density at radius 2 is 2.05 bits per heavy atom. The van der Waals surface area contributed by atoms with E-state index in [2.05, 4.69) is 0 Å². The van der Waals surface area contributed by atoms with Gasteiger partial charge in [0.05, 0.1) is 10.6 Å². The van der Waals surface area contributed by atoms with Crippen LogP contribution in [0.5, 0.6) is 11.5 Å². The van der Waals surface area contributed by atoms with Gasteiger partial charge in [0.15, 0.2) is 17.6 Å². The number of ether oxygens (including phenoxy) is 3. The van der Waals surface area contributed by atoms with Crippen molar-refractivity contribution in [2.75, 3.05) is 13.2 Å². The lowest BCUT2D eigenvalue weighted by Gasteiger charge is -2.20. The summed E-state index contributed by atoms with van der Waals surface area (Å²) in [6.45, 7) is 2.16. The predicted octanol–water partition coefficient (Wildman–Crippen LogP) is 1.14. The van der Waals surface area contributed by atoms with Crippen molar-refractivity contribution in [1.29, 1.82) is 0 Å². The van der Waals surface area contributed by atoms with Gasteiger partial charge < -0.3 is 19.9 Å². The third-order valence-corrected chi connectivity index (χ3v) is 2.80. The van der Waals surface area contributed by atoms with Gasteiger partial charge in [-0.25, -0.2) is 4.79 Å². The molecule has 7 heteroatoms. The molecule has 102 valence electrons. The van der Waals surface area contributed by atoms with Crippen LogP contribution in [0.2, 0.25) is 5.02 Å². The second-order valence-electron chi connectivity index (χ2n) is 3.93. The molecule has 0 bridgehead atoms. The van der Waals surface area contributed by atoms with Crippen LogP contribution in [0.15, 0.2) is 12.1 Å². The Hall–Kier alpha value is -1.95. The van der Waals surface area contributed by atoms with Gasteiger partial charge in [0.2, 0.25) is 0 Å². The lowest BCUT2D eigenvalue weighted by molar-refractivity contribution is -0.125. The summed E-state index contributed by atoms with van der Waals surface area (Å²) >= 11 is 5.99. The van der Waals surface area contributed by atoms with E-state index in [1.807, 2.05) is 0 Å². The van der Waals surface area contributed by atoms with Gasteiger partial charge in [-0.3, -0.25) is 4.79 Å². The van der Waals surface area contributed by atoms with Crippen LogP contribution in [0.25, 0.3) is 0 Å². The van der Waals surface area contributed by atoms with Crippen LogP contribution in [0, 0.1) is 0 Å². The Morgan fingerprint density at radius 1 is 1.37 bits per heavy atom. The molecule has 2 N–H and O–H groups in total. The molecule has 0 radical (unpaired) electrons. The maximum absolute atomic E-state index is 11.8. The number of esters is 1. The quantitative estimate of drug-likeness (QED) is 0.842. The Morgan fingerprint density at radius 3 is 2.74 bits per heavy atom. The summed E-state index contributed by atoms with van der Waals surface area (Å²) in [5.41, 5.74) is 5.19. The number of carbonyl (C=O) groups is 2. The van der Waals surface area contributed by atoms with E-state index in [1.54, 1.807) is 0 Å². The number of benzene rings is 1. The average molecular weight is 286 g/mol. The highest BCUT2D eigenvalue weighted by Gasteiger charge is 2.22. The van der Waals surface area contributed by atoms with Crippen molar-refractivity contribution < 1.29 is 23.8 Å². The van der Waals surface area contributed by atoms with Gasteiger partial charge in [0, 0.05) is 0 Å². The van der Waals surface area contributed by atoms with E-state index in [-0.39, 0.29) is 10.6 Å². The van der Waals surface area contributed by atoms with Gasteiger partial charge in [-0.2, -0.15) is 0 Å². The molecule has 1 aromatic rings. The molecule has 1 aliphatic rings. The zero-order chi connectivity index (χ0) is 14.0. The lowest BCUT2D eigenvalue weighted by Crippen LogP contribution is -2.30. The number of fused-ring (bicyclic) bond motifs is 1. The highest BCUT2D eigenvalue weighted by atomic mass is 35.5. The lowest BCUT2D eigenvalue weighted by atomic mass is 10.2. The molecule has 0 aromatic heterocycles. The van der Waals surface area contributed by atoms with Crippen LogP contribution in [-0.4, -0.2) is 31.2 Å². The van der Waals surface area contributed by atoms with Crippen molar-refractivity contribution >= 4 is 23.5 Å². The minimum atomic E-state index is -1.01. The summed E-state index contributed by atoms with van der Waals surface area (Å²) in [5, 5.41) is 0.246.